The highest BCUT2D eigenvalue weighted by atomic mass is 127. The third kappa shape index (κ3) is 5.64. The Kier molecular flexibility index (Phi) is 8.51. The summed E-state index contributed by atoms with van der Waals surface area (Å²) in [6, 6.07) is 7.14. The Labute approximate surface area is 159 Å². The van der Waals surface area contributed by atoms with E-state index >= 15 is 0 Å². The van der Waals surface area contributed by atoms with E-state index in [1.54, 1.807) is 12.1 Å². The van der Waals surface area contributed by atoms with Crippen molar-refractivity contribution >= 4 is 35.6 Å². The highest BCUT2D eigenvalue weighted by Gasteiger charge is 2.26. The van der Waals surface area contributed by atoms with Crippen molar-refractivity contribution in [3.8, 4) is 5.75 Å². The fourth-order valence-electron chi connectivity index (χ4n) is 2.66. The lowest BCUT2D eigenvalue weighted by Crippen LogP contribution is -2.44. The third-order valence-electron chi connectivity index (χ3n) is 3.67. The largest absolute Gasteiger partial charge is 0.433 e. The van der Waals surface area contributed by atoms with Gasteiger partial charge in [0.2, 0.25) is 0 Å². The van der Waals surface area contributed by atoms with Crippen molar-refractivity contribution in [1.82, 2.24) is 10.2 Å². The molecule has 0 bridgehead atoms. The number of nitrogens with one attached hydrogen (secondary N) is 1. The number of benzene rings is 1. The first kappa shape index (κ1) is 20.7. The Morgan fingerprint density at radius 3 is 2.75 bits per heavy atom. The summed E-state index contributed by atoms with van der Waals surface area (Å²) in [7, 11) is 3.89. The van der Waals surface area contributed by atoms with Crippen LogP contribution in [-0.4, -0.2) is 57.2 Å². The van der Waals surface area contributed by atoms with E-state index < -0.39 is 6.61 Å². The second kappa shape index (κ2) is 9.85. The van der Waals surface area contributed by atoms with E-state index in [0.29, 0.717) is 12.2 Å². The van der Waals surface area contributed by atoms with Crippen LogP contribution in [0.5, 0.6) is 5.75 Å². The number of rotatable bonds is 5. The summed E-state index contributed by atoms with van der Waals surface area (Å²) < 4.78 is 29.7. The van der Waals surface area contributed by atoms with E-state index in [4.69, 9.17) is 0 Å². The van der Waals surface area contributed by atoms with Crippen LogP contribution in [0.15, 0.2) is 29.3 Å². The maximum atomic E-state index is 12.5. The Morgan fingerprint density at radius 1 is 1.42 bits per heavy atom. The van der Waals surface area contributed by atoms with E-state index in [1.165, 1.54) is 0 Å². The molecule has 1 aromatic rings. The third-order valence-corrected chi connectivity index (χ3v) is 3.67. The number of hydrogen-bond donors (Lipinski definition) is 1. The monoisotopic (exact) mass is 454 g/mol. The van der Waals surface area contributed by atoms with Gasteiger partial charge < -0.3 is 19.9 Å². The van der Waals surface area contributed by atoms with Crippen molar-refractivity contribution in [1.29, 1.82) is 0 Å². The molecule has 0 spiro atoms. The van der Waals surface area contributed by atoms with Gasteiger partial charge >= 0.3 is 6.61 Å². The van der Waals surface area contributed by atoms with Gasteiger partial charge in [-0.2, -0.15) is 8.78 Å². The van der Waals surface area contributed by atoms with Crippen LogP contribution in [0.1, 0.15) is 13.3 Å². The second-order valence-corrected chi connectivity index (χ2v) is 5.61. The number of alkyl halides is 2. The molecule has 1 N–H and O–H groups in total. The number of nitrogens with zero attached hydrogens (tertiary/aromatic N) is 3. The van der Waals surface area contributed by atoms with E-state index in [9.17, 15) is 8.78 Å². The molecule has 1 unspecified atom stereocenters. The molecule has 1 aliphatic rings. The molecule has 1 aliphatic heterocycles. The van der Waals surface area contributed by atoms with E-state index in [1.807, 2.05) is 38.1 Å². The van der Waals surface area contributed by atoms with Gasteiger partial charge in [0.15, 0.2) is 5.96 Å². The lowest BCUT2D eigenvalue weighted by atomic mass is 10.2. The summed E-state index contributed by atoms with van der Waals surface area (Å²) >= 11 is 0. The molecule has 0 aromatic heterocycles. The Morgan fingerprint density at radius 2 is 2.12 bits per heavy atom. The standard InChI is InChI=1S/C16H24F2N4O.HI/c1-4-19-16(21(2)3)20-12-9-10-22(11-12)13-7-5-6-8-14(13)23-15(17)18;/h5-8,12,15H,4,9-11H2,1-3H3,(H,19,20);1H. The van der Waals surface area contributed by atoms with Crippen LogP contribution in [0.2, 0.25) is 0 Å². The molecule has 8 heteroatoms. The zero-order valence-corrected chi connectivity index (χ0v) is 16.5. The van der Waals surface area contributed by atoms with E-state index in [-0.39, 0.29) is 35.8 Å². The zero-order chi connectivity index (χ0) is 16.8. The number of aliphatic imine (C=N–C) groups is 1. The summed E-state index contributed by atoms with van der Waals surface area (Å²) in [5.41, 5.74) is 0.705. The number of halogens is 3. The summed E-state index contributed by atoms with van der Waals surface area (Å²) in [6.07, 6.45) is 0.916. The molecule has 1 heterocycles. The lowest BCUT2D eigenvalue weighted by molar-refractivity contribution is -0.0495. The first-order valence-electron chi connectivity index (χ1n) is 7.78. The fourth-order valence-corrected chi connectivity index (χ4v) is 2.66. The molecule has 1 saturated heterocycles. The molecular formula is C16H25F2IN4O. The highest BCUT2D eigenvalue weighted by Crippen LogP contribution is 2.31. The molecule has 136 valence electrons. The predicted octanol–water partition coefficient (Wildman–Crippen LogP) is 3.01. The average molecular weight is 454 g/mol. The molecule has 2 rings (SSSR count). The molecule has 0 amide bonds. The van der Waals surface area contributed by atoms with Crippen molar-refractivity contribution in [3.63, 3.8) is 0 Å². The minimum absolute atomic E-state index is 0. The normalized spacial score (nSPS) is 17.7. The van der Waals surface area contributed by atoms with E-state index in [0.717, 1.165) is 25.5 Å². The van der Waals surface area contributed by atoms with Crippen molar-refractivity contribution < 1.29 is 13.5 Å². The van der Waals surface area contributed by atoms with Crippen LogP contribution >= 0.6 is 24.0 Å². The Balaban J connectivity index is 0.00000288. The number of guanidine groups is 1. The molecule has 0 aliphatic carbocycles. The Hall–Kier alpha value is -1.32. The molecule has 1 aromatic carbocycles. The van der Waals surface area contributed by atoms with Crippen LogP contribution < -0.4 is 15.0 Å². The van der Waals surface area contributed by atoms with Gasteiger partial charge in [0.05, 0.1) is 5.69 Å². The molecule has 1 atom stereocenters. The maximum Gasteiger partial charge on any atom is 0.387 e. The van der Waals surface area contributed by atoms with Crippen LogP contribution in [0.4, 0.5) is 14.5 Å². The molecule has 1 fully saturated rings. The van der Waals surface area contributed by atoms with Gasteiger partial charge in [-0.05, 0) is 25.5 Å². The summed E-state index contributed by atoms with van der Waals surface area (Å²) in [6.45, 7) is 1.39. The van der Waals surface area contributed by atoms with Gasteiger partial charge in [-0.15, -0.1) is 24.0 Å². The number of ether oxygens (including phenoxy) is 1. The molecular weight excluding hydrogens is 429 g/mol. The minimum Gasteiger partial charge on any atom is -0.433 e. The summed E-state index contributed by atoms with van der Waals surface area (Å²) in [5.74, 6) is 1.06. The zero-order valence-electron chi connectivity index (χ0n) is 14.2. The van der Waals surface area contributed by atoms with Crippen LogP contribution in [0.25, 0.3) is 0 Å². The number of para-hydroxylation sites is 2. The van der Waals surface area contributed by atoms with E-state index in [2.05, 4.69) is 19.9 Å². The van der Waals surface area contributed by atoms with Gasteiger partial charge in [-0.1, -0.05) is 12.1 Å². The van der Waals surface area contributed by atoms with Crippen LogP contribution in [-0.2, 0) is 0 Å². The van der Waals surface area contributed by atoms with Gasteiger partial charge in [0.25, 0.3) is 0 Å². The molecule has 0 saturated carbocycles. The topological polar surface area (TPSA) is 40.1 Å². The van der Waals surface area contributed by atoms with Crippen molar-refractivity contribution in [3.05, 3.63) is 24.3 Å². The first-order valence-corrected chi connectivity index (χ1v) is 7.78. The van der Waals surface area contributed by atoms with Crippen LogP contribution in [0.3, 0.4) is 0 Å². The SMILES string of the molecule is CCN=C(NC1CCN(c2ccccc2OC(F)F)C1)N(C)C.I. The highest BCUT2D eigenvalue weighted by molar-refractivity contribution is 14.0. The quantitative estimate of drug-likeness (QED) is 0.422. The van der Waals surface area contributed by atoms with Crippen molar-refractivity contribution in [2.24, 2.45) is 4.99 Å². The summed E-state index contributed by atoms with van der Waals surface area (Å²) in [5, 5.41) is 3.42. The lowest BCUT2D eigenvalue weighted by Gasteiger charge is -2.24. The summed E-state index contributed by atoms with van der Waals surface area (Å²) in [4.78, 5) is 8.44. The smallest absolute Gasteiger partial charge is 0.387 e. The van der Waals surface area contributed by atoms with Gasteiger partial charge in [-0.3, -0.25) is 4.99 Å². The predicted molar refractivity (Wildman–Crippen MR) is 104 cm³/mol. The van der Waals surface area contributed by atoms with Gasteiger partial charge in [0, 0.05) is 39.8 Å². The maximum absolute atomic E-state index is 12.5. The second-order valence-electron chi connectivity index (χ2n) is 5.61. The van der Waals surface area contributed by atoms with Crippen LogP contribution in [0, 0.1) is 0 Å². The average Bonchev–Trinajstić information content (AvgIpc) is 2.95. The molecule has 5 nitrogen and oxygen atoms in total. The minimum atomic E-state index is -2.82. The Bertz CT molecular complexity index is 543. The van der Waals surface area contributed by atoms with Crippen molar-refractivity contribution in [2.75, 3.05) is 38.6 Å². The first-order chi connectivity index (χ1) is 11.0. The molecule has 24 heavy (non-hydrogen) atoms. The number of anilines is 1. The molecule has 0 radical (unpaired) electrons. The van der Waals surface area contributed by atoms with Crippen molar-refractivity contribution in [2.45, 2.75) is 26.0 Å². The number of hydrogen-bond acceptors (Lipinski definition) is 3. The van der Waals surface area contributed by atoms with Gasteiger partial charge in [-0.25, -0.2) is 0 Å². The fraction of sp³-hybridized carbons (Fsp3) is 0.562. The van der Waals surface area contributed by atoms with Gasteiger partial charge in [0.1, 0.15) is 5.75 Å².